The Balaban J connectivity index is 1.32. The Morgan fingerprint density at radius 2 is 1.77 bits per heavy atom. The third-order valence-electron chi connectivity index (χ3n) is 6.35. The van der Waals surface area contributed by atoms with Crippen LogP contribution < -0.4 is 9.47 Å². The number of ether oxygens (including phenoxy) is 2. The molecule has 5 rings (SSSR count). The molecule has 0 fully saturated rings. The second-order valence-electron chi connectivity index (χ2n) is 9.42. The molecule has 2 aromatic heterocycles. The summed E-state index contributed by atoms with van der Waals surface area (Å²) in [6, 6.07) is 20.7. The molecular formula is C30H26Br2N2O5. The largest absolute Gasteiger partial charge is 0.489 e. The Hall–Kier alpha value is -3.56. The first-order chi connectivity index (χ1) is 18.8. The molecule has 0 bridgehead atoms. The summed E-state index contributed by atoms with van der Waals surface area (Å²) in [7, 11) is 0. The van der Waals surface area contributed by atoms with Crippen molar-refractivity contribution in [3.05, 3.63) is 110 Å². The molecule has 0 unspecified atom stereocenters. The van der Waals surface area contributed by atoms with E-state index in [1.807, 2.05) is 54.7 Å². The van der Waals surface area contributed by atoms with Crippen LogP contribution in [0.3, 0.4) is 0 Å². The smallest absolute Gasteiger partial charge is 0.335 e. The minimum absolute atomic E-state index is 0.135. The highest BCUT2D eigenvalue weighted by molar-refractivity contribution is 9.11. The van der Waals surface area contributed by atoms with Gasteiger partial charge in [-0.25, -0.2) is 4.79 Å². The lowest BCUT2D eigenvalue weighted by Gasteiger charge is -2.12. The summed E-state index contributed by atoms with van der Waals surface area (Å²) in [5.41, 5.74) is 3.80. The number of hydrogen-bond acceptors (Lipinski definition) is 5. The number of rotatable bonds is 10. The van der Waals surface area contributed by atoms with Crippen molar-refractivity contribution < 1.29 is 23.9 Å². The number of nitrogens with zero attached hydrogens (tertiary/aromatic N) is 2. The number of halogens is 2. The van der Waals surface area contributed by atoms with Crippen LogP contribution in [0.15, 0.2) is 86.4 Å². The second kappa shape index (κ2) is 11.7. The molecule has 0 atom stereocenters. The van der Waals surface area contributed by atoms with Crippen LogP contribution in [-0.2, 0) is 19.8 Å². The van der Waals surface area contributed by atoms with Gasteiger partial charge in [-0.15, -0.1) is 0 Å². The lowest BCUT2D eigenvalue weighted by Crippen LogP contribution is -2.05. The van der Waals surface area contributed by atoms with Gasteiger partial charge in [0, 0.05) is 29.6 Å². The first-order valence-corrected chi connectivity index (χ1v) is 14.0. The minimum atomic E-state index is -0.931. The average molecular weight is 654 g/mol. The van der Waals surface area contributed by atoms with Crippen LogP contribution >= 0.6 is 31.9 Å². The summed E-state index contributed by atoms with van der Waals surface area (Å²) >= 11 is 7.06. The number of carboxylic acids is 1. The molecule has 0 amide bonds. The normalized spacial score (nSPS) is 11.3. The molecule has 9 heteroatoms. The molecule has 0 spiro atoms. The van der Waals surface area contributed by atoms with Crippen molar-refractivity contribution >= 4 is 48.7 Å². The van der Waals surface area contributed by atoms with Crippen LogP contribution in [0.25, 0.3) is 10.9 Å². The number of carbonyl (C=O) groups is 1. The molecule has 39 heavy (non-hydrogen) atoms. The highest BCUT2D eigenvalue weighted by Gasteiger charge is 2.21. The van der Waals surface area contributed by atoms with E-state index in [9.17, 15) is 9.90 Å². The van der Waals surface area contributed by atoms with Crippen molar-refractivity contribution in [3.8, 4) is 11.5 Å². The van der Waals surface area contributed by atoms with Crippen molar-refractivity contribution in [3.63, 3.8) is 0 Å². The average Bonchev–Trinajstić information content (AvgIpc) is 3.51. The second-order valence-corrected chi connectivity index (χ2v) is 11.1. The fraction of sp³-hybridized carbons (Fsp3) is 0.200. The number of carboxylic acid groups (broad SMARTS) is 1. The lowest BCUT2D eigenvalue weighted by atomic mass is 10.1. The molecule has 0 saturated carbocycles. The zero-order valence-electron chi connectivity index (χ0n) is 21.4. The monoisotopic (exact) mass is 652 g/mol. The van der Waals surface area contributed by atoms with E-state index in [2.05, 4.69) is 55.4 Å². The first-order valence-electron chi connectivity index (χ1n) is 12.4. The van der Waals surface area contributed by atoms with Gasteiger partial charge in [-0.05, 0) is 86.0 Å². The molecule has 2 heterocycles. The Kier molecular flexibility index (Phi) is 8.09. The highest BCUT2D eigenvalue weighted by Crippen LogP contribution is 2.34. The summed E-state index contributed by atoms with van der Waals surface area (Å²) < 4.78 is 21.7. The lowest BCUT2D eigenvalue weighted by molar-refractivity contribution is 0.0696. The van der Waals surface area contributed by atoms with E-state index in [-0.39, 0.29) is 18.1 Å². The third kappa shape index (κ3) is 6.04. The van der Waals surface area contributed by atoms with Gasteiger partial charge >= 0.3 is 5.97 Å². The summed E-state index contributed by atoms with van der Waals surface area (Å²) in [6.45, 7) is 5.21. The topological polar surface area (TPSA) is 86.7 Å². The van der Waals surface area contributed by atoms with E-state index in [0.717, 1.165) is 42.5 Å². The van der Waals surface area contributed by atoms with Gasteiger partial charge in [-0.2, -0.15) is 0 Å². The summed E-state index contributed by atoms with van der Waals surface area (Å²) in [6.07, 6.45) is 1.99. The van der Waals surface area contributed by atoms with Crippen molar-refractivity contribution in [1.29, 1.82) is 0 Å². The standard InChI is InChI=1S/C30H26Br2N2O5/c1-18(2)28-23(26(33-39-28)17-38-29-24(31)7-4-8-25(29)32)16-37-22-9-10-27-20(14-22)11-12-34(27)15-19-5-3-6-21(13-19)30(35)36/h3-14,18H,15-17H2,1-2H3,(H,35,36). The quantitative estimate of drug-likeness (QED) is 0.164. The zero-order chi connectivity index (χ0) is 27.5. The van der Waals surface area contributed by atoms with Crippen LogP contribution in [-0.4, -0.2) is 20.8 Å². The van der Waals surface area contributed by atoms with Crippen LogP contribution in [0.2, 0.25) is 0 Å². The van der Waals surface area contributed by atoms with Crippen LogP contribution in [0.1, 0.15) is 52.7 Å². The van der Waals surface area contributed by atoms with Crippen molar-refractivity contribution in [2.24, 2.45) is 0 Å². The van der Waals surface area contributed by atoms with Crippen LogP contribution in [0.5, 0.6) is 11.5 Å². The van der Waals surface area contributed by atoms with Gasteiger partial charge in [0.05, 0.1) is 20.1 Å². The van der Waals surface area contributed by atoms with Gasteiger partial charge in [0.25, 0.3) is 0 Å². The van der Waals surface area contributed by atoms with E-state index in [0.29, 0.717) is 24.6 Å². The number of hydrogen-bond donors (Lipinski definition) is 1. The Bertz CT molecular complexity index is 1620. The number of fused-ring (bicyclic) bond motifs is 1. The molecule has 5 aromatic rings. The number of aromatic nitrogens is 2. The molecule has 1 N–H and O–H groups in total. The minimum Gasteiger partial charge on any atom is -0.489 e. The van der Waals surface area contributed by atoms with Gasteiger partial charge in [0.1, 0.15) is 36.2 Å². The summed E-state index contributed by atoms with van der Waals surface area (Å²) in [5.74, 6) is 1.40. The molecule has 0 radical (unpaired) electrons. The predicted molar refractivity (Wildman–Crippen MR) is 156 cm³/mol. The molecule has 3 aromatic carbocycles. The first kappa shape index (κ1) is 27.0. The SMILES string of the molecule is CC(C)c1onc(COc2c(Br)cccc2Br)c1COc1ccc2c(ccn2Cc2cccc(C(=O)O)c2)c1. The number of benzene rings is 3. The Morgan fingerprint density at radius 1 is 1.00 bits per heavy atom. The van der Waals surface area contributed by atoms with E-state index in [4.69, 9.17) is 14.0 Å². The van der Waals surface area contributed by atoms with Gasteiger partial charge in [0.2, 0.25) is 0 Å². The van der Waals surface area contributed by atoms with Crippen LogP contribution in [0, 0.1) is 0 Å². The maximum atomic E-state index is 11.3. The van der Waals surface area contributed by atoms with Gasteiger partial charge in [-0.1, -0.05) is 37.2 Å². The van der Waals surface area contributed by atoms with E-state index < -0.39 is 5.97 Å². The maximum absolute atomic E-state index is 11.3. The Morgan fingerprint density at radius 3 is 2.51 bits per heavy atom. The predicted octanol–water partition coefficient (Wildman–Crippen LogP) is 8.18. The highest BCUT2D eigenvalue weighted by atomic mass is 79.9. The Labute approximate surface area is 242 Å². The van der Waals surface area contributed by atoms with Gasteiger partial charge in [0.15, 0.2) is 0 Å². The molecule has 200 valence electrons. The van der Waals surface area contributed by atoms with Crippen LogP contribution in [0.4, 0.5) is 0 Å². The molecule has 0 aliphatic carbocycles. The van der Waals surface area contributed by atoms with Crippen molar-refractivity contribution in [2.75, 3.05) is 0 Å². The number of aromatic carboxylic acids is 1. The van der Waals surface area contributed by atoms with Crippen molar-refractivity contribution in [1.82, 2.24) is 9.72 Å². The van der Waals surface area contributed by atoms with E-state index in [1.54, 1.807) is 18.2 Å². The number of para-hydroxylation sites is 1. The van der Waals surface area contributed by atoms with E-state index in [1.165, 1.54) is 0 Å². The maximum Gasteiger partial charge on any atom is 0.335 e. The summed E-state index contributed by atoms with van der Waals surface area (Å²) in [5, 5.41) is 14.6. The van der Waals surface area contributed by atoms with Gasteiger partial charge < -0.3 is 23.7 Å². The third-order valence-corrected chi connectivity index (χ3v) is 7.60. The fourth-order valence-electron chi connectivity index (χ4n) is 4.40. The van der Waals surface area contributed by atoms with E-state index >= 15 is 0 Å². The molecule has 7 nitrogen and oxygen atoms in total. The molecular weight excluding hydrogens is 628 g/mol. The van der Waals surface area contributed by atoms with Crippen molar-refractivity contribution in [2.45, 2.75) is 39.5 Å². The molecule has 0 aliphatic heterocycles. The summed E-state index contributed by atoms with van der Waals surface area (Å²) in [4.78, 5) is 11.3. The fourth-order valence-corrected chi connectivity index (χ4v) is 5.63. The molecule has 0 saturated heterocycles. The zero-order valence-corrected chi connectivity index (χ0v) is 24.5. The van der Waals surface area contributed by atoms with Gasteiger partial charge in [-0.3, -0.25) is 0 Å². The molecule has 0 aliphatic rings.